The molecule has 1 aliphatic heterocycles. The maximum Gasteiger partial charge on any atom is 0.161 e. The number of nitrogens with zero attached hydrogens (tertiary/aromatic N) is 3. The number of phenols is 2. The Morgan fingerprint density at radius 2 is 2.15 bits per heavy atom. The third-order valence-corrected chi connectivity index (χ3v) is 3.63. The lowest BCUT2D eigenvalue weighted by Crippen LogP contribution is -2.31. The van der Waals surface area contributed by atoms with Crippen molar-refractivity contribution in [2.75, 3.05) is 6.54 Å². The van der Waals surface area contributed by atoms with Crippen molar-refractivity contribution in [3.8, 4) is 11.5 Å². The van der Waals surface area contributed by atoms with E-state index in [1.807, 2.05) is 19.2 Å². The standard InChI is InChI=1S/C15H17N3O2/c1-10-16-7-12-9-18(6-5-13(12)17-10)8-11-3-2-4-14(19)15(11)20/h2-4,7,19-20H,5-6,8-9H2,1H3. The molecule has 0 bridgehead atoms. The summed E-state index contributed by atoms with van der Waals surface area (Å²) in [5.74, 6) is 0.708. The summed E-state index contributed by atoms with van der Waals surface area (Å²) < 4.78 is 0. The van der Waals surface area contributed by atoms with Crippen molar-refractivity contribution in [1.82, 2.24) is 14.9 Å². The minimum absolute atomic E-state index is 0.0292. The monoisotopic (exact) mass is 271 g/mol. The highest BCUT2D eigenvalue weighted by molar-refractivity contribution is 5.44. The molecule has 0 unspecified atom stereocenters. The summed E-state index contributed by atoms with van der Waals surface area (Å²) in [5, 5.41) is 19.4. The predicted molar refractivity (Wildman–Crippen MR) is 74.4 cm³/mol. The number of phenolic OH excluding ortho intramolecular Hbond substituents is 2. The highest BCUT2D eigenvalue weighted by atomic mass is 16.3. The Labute approximate surface area is 117 Å². The number of aryl methyl sites for hydroxylation is 1. The van der Waals surface area contributed by atoms with Gasteiger partial charge in [0.05, 0.1) is 0 Å². The quantitative estimate of drug-likeness (QED) is 0.814. The second-order valence-corrected chi connectivity index (χ2v) is 5.13. The van der Waals surface area contributed by atoms with Gasteiger partial charge in [-0.2, -0.15) is 0 Å². The molecule has 0 saturated carbocycles. The van der Waals surface area contributed by atoms with Gasteiger partial charge in [-0.15, -0.1) is 0 Å². The highest BCUT2D eigenvalue weighted by Gasteiger charge is 2.19. The predicted octanol–water partition coefficient (Wildman–Crippen LogP) is 1.75. The van der Waals surface area contributed by atoms with Crippen LogP contribution >= 0.6 is 0 Å². The molecule has 0 amide bonds. The van der Waals surface area contributed by atoms with Gasteiger partial charge in [0, 0.05) is 49.1 Å². The van der Waals surface area contributed by atoms with E-state index in [2.05, 4.69) is 14.9 Å². The number of hydrogen-bond acceptors (Lipinski definition) is 5. The van der Waals surface area contributed by atoms with Crippen LogP contribution in [0.5, 0.6) is 11.5 Å². The molecule has 1 aromatic carbocycles. The fraction of sp³-hybridized carbons (Fsp3) is 0.333. The van der Waals surface area contributed by atoms with Crippen LogP contribution in [0.3, 0.4) is 0 Å². The third kappa shape index (κ3) is 2.44. The molecule has 2 heterocycles. The van der Waals surface area contributed by atoms with Crippen LogP contribution < -0.4 is 0 Å². The van der Waals surface area contributed by atoms with E-state index in [4.69, 9.17) is 0 Å². The fourth-order valence-corrected chi connectivity index (χ4v) is 2.56. The van der Waals surface area contributed by atoms with E-state index in [1.165, 1.54) is 6.07 Å². The molecule has 5 nitrogen and oxygen atoms in total. The van der Waals surface area contributed by atoms with Gasteiger partial charge < -0.3 is 10.2 Å². The number of hydrogen-bond donors (Lipinski definition) is 2. The molecular weight excluding hydrogens is 254 g/mol. The average molecular weight is 271 g/mol. The van der Waals surface area contributed by atoms with Gasteiger partial charge in [-0.3, -0.25) is 4.90 Å². The van der Waals surface area contributed by atoms with Crippen molar-refractivity contribution in [3.63, 3.8) is 0 Å². The van der Waals surface area contributed by atoms with Gasteiger partial charge in [0.15, 0.2) is 11.5 Å². The van der Waals surface area contributed by atoms with Crippen molar-refractivity contribution < 1.29 is 10.2 Å². The number of para-hydroxylation sites is 1. The first kappa shape index (κ1) is 12.9. The maximum atomic E-state index is 9.86. The van der Waals surface area contributed by atoms with E-state index < -0.39 is 0 Å². The Morgan fingerprint density at radius 3 is 3.00 bits per heavy atom. The van der Waals surface area contributed by atoms with Crippen LogP contribution in [-0.4, -0.2) is 31.6 Å². The normalized spacial score (nSPS) is 15.1. The van der Waals surface area contributed by atoms with Gasteiger partial charge in [-0.1, -0.05) is 12.1 Å². The molecule has 3 rings (SSSR count). The van der Waals surface area contributed by atoms with E-state index in [1.54, 1.807) is 6.07 Å². The van der Waals surface area contributed by atoms with Crippen LogP contribution in [0.25, 0.3) is 0 Å². The number of aromatic hydroxyl groups is 2. The Morgan fingerprint density at radius 1 is 1.30 bits per heavy atom. The molecule has 2 aromatic rings. The van der Waals surface area contributed by atoms with Crippen LogP contribution in [-0.2, 0) is 19.5 Å². The van der Waals surface area contributed by atoms with Crippen molar-refractivity contribution in [2.24, 2.45) is 0 Å². The molecule has 2 N–H and O–H groups in total. The van der Waals surface area contributed by atoms with Gasteiger partial charge >= 0.3 is 0 Å². The van der Waals surface area contributed by atoms with Gasteiger partial charge in [0.25, 0.3) is 0 Å². The van der Waals surface area contributed by atoms with E-state index in [0.717, 1.165) is 42.2 Å². The summed E-state index contributed by atoms with van der Waals surface area (Å²) >= 11 is 0. The molecule has 0 aliphatic carbocycles. The summed E-state index contributed by atoms with van der Waals surface area (Å²) in [6.45, 7) is 4.16. The fourth-order valence-electron chi connectivity index (χ4n) is 2.56. The van der Waals surface area contributed by atoms with Crippen LogP contribution in [0.2, 0.25) is 0 Å². The first-order valence-electron chi connectivity index (χ1n) is 6.67. The molecule has 0 fully saturated rings. The summed E-state index contributed by atoms with van der Waals surface area (Å²) in [6.07, 6.45) is 2.77. The number of benzene rings is 1. The van der Waals surface area contributed by atoms with Crippen molar-refractivity contribution in [3.05, 3.63) is 47.0 Å². The summed E-state index contributed by atoms with van der Waals surface area (Å²) in [5.41, 5.74) is 3.00. The first-order valence-corrected chi connectivity index (χ1v) is 6.67. The van der Waals surface area contributed by atoms with Gasteiger partial charge in [0.1, 0.15) is 5.82 Å². The van der Waals surface area contributed by atoms with Gasteiger partial charge in [0.2, 0.25) is 0 Å². The van der Waals surface area contributed by atoms with E-state index >= 15 is 0 Å². The molecular formula is C15H17N3O2. The molecule has 1 aromatic heterocycles. The number of rotatable bonds is 2. The molecule has 20 heavy (non-hydrogen) atoms. The lowest BCUT2D eigenvalue weighted by molar-refractivity contribution is 0.238. The van der Waals surface area contributed by atoms with E-state index in [-0.39, 0.29) is 11.5 Å². The Balaban J connectivity index is 1.77. The molecule has 0 atom stereocenters. The van der Waals surface area contributed by atoms with Crippen molar-refractivity contribution in [1.29, 1.82) is 0 Å². The summed E-state index contributed by atoms with van der Waals surface area (Å²) in [6, 6.07) is 5.06. The van der Waals surface area contributed by atoms with Crippen LogP contribution in [0.4, 0.5) is 0 Å². The lowest BCUT2D eigenvalue weighted by atomic mass is 10.1. The van der Waals surface area contributed by atoms with E-state index in [9.17, 15) is 10.2 Å². The molecule has 104 valence electrons. The molecule has 0 radical (unpaired) electrons. The van der Waals surface area contributed by atoms with E-state index in [0.29, 0.717) is 6.54 Å². The minimum Gasteiger partial charge on any atom is -0.504 e. The Bertz CT molecular complexity index is 643. The Kier molecular flexibility index (Phi) is 3.28. The van der Waals surface area contributed by atoms with Gasteiger partial charge in [-0.25, -0.2) is 9.97 Å². The highest BCUT2D eigenvalue weighted by Crippen LogP contribution is 2.30. The third-order valence-electron chi connectivity index (χ3n) is 3.63. The minimum atomic E-state index is -0.0705. The number of fused-ring (bicyclic) bond motifs is 1. The van der Waals surface area contributed by atoms with Crippen LogP contribution in [0.15, 0.2) is 24.4 Å². The van der Waals surface area contributed by atoms with Gasteiger partial charge in [-0.05, 0) is 13.0 Å². The summed E-state index contributed by atoms with van der Waals surface area (Å²) in [4.78, 5) is 10.9. The molecule has 0 spiro atoms. The Hall–Kier alpha value is -2.14. The zero-order valence-electron chi connectivity index (χ0n) is 11.4. The summed E-state index contributed by atoms with van der Waals surface area (Å²) in [7, 11) is 0. The average Bonchev–Trinajstić information content (AvgIpc) is 2.44. The van der Waals surface area contributed by atoms with Crippen LogP contribution in [0, 0.1) is 6.92 Å². The zero-order valence-corrected chi connectivity index (χ0v) is 11.4. The molecule has 0 saturated heterocycles. The molecule has 1 aliphatic rings. The van der Waals surface area contributed by atoms with Crippen molar-refractivity contribution >= 4 is 0 Å². The lowest BCUT2D eigenvalue weighted by Gasteiger charge is -2.28. The van der Waals surface area contributed by atoms with Crippen LogP contribution in [0.1, 0.15) is 22.6 Å². The second-order valence-electron chi connectivity index (χ2n) is 5.13. The smallest absolute Gasteiger partial charge is 0.161 e. The number of aromatic nitrogens is 2. The zero-order chi connectivity index (χ0) is 14.1. The topological polar surface area (TPSA) is 69.5 Å². The SMILES string of the molecule is Cc1ncc2c(n1)CCN(Cc1cccc(O)c1O)C2. The first-order chi connectivity index (χ1) is 9.63. The maximum absolute atomic E-state index is 9.86. The second kappa shape index (κ2) is 5.09. The largest absolute Gasteiger partial charge is 0.504 e. The van der Waals surface area contributed by atoms with Crippen molar-refractivity contribution in [2.45, 2.75) is 26.4 Å². The molecule has 5 heteroatoms.